The van der Waals surface area contributed by atoms with Crippen LogP contribution in [0.5, 0.6) is 11.5 Å². The first kappa shape index (κ1) is 17.5. The molecule has 1 amide bonds. The number of hydrogen-bond donors (Lipinski definition) is 1. The molecule has 3 rings (SSSR count). The lowest BCUT2D eigenvalue weighted by atomic mass is 10.1. The quantitative estimate of drug-likeness (QED) is 0.618. The standard InChI is InChI=1S/C19H17NO3S2/c1-22-16-11-14(12-17-18(21)20-19(24)25-17)7-8-15(16)23-10-9-13-5-3-2-4-6-13/h2-8,11-12H,9-10H2,1H3,(H,20,21,24)/b17-12-. The van der Waals surface area contributed by atoms with Crippen LogP contribution in [-0.2, 0) is 11.2 Å². The lowest BCUT2D eigenvalue weighted by Crippen LogP contribution is -2.17. The maximum atomic E-state index is 11.7. The van der Waals surface area contributed by atoms with Crippen LogP contribution in [-0.4, -0.2) is 23.9 Å². The molecule has 1 aliphatic heterocycles. The van der Waals surface area contributed by atoms with Gasteiger partial charge in [0.1, 0.15) is 4.32 Å². The van der Waals surface area contributed by atoms with Gasteiger partial charge in [0, 0.05) is 6.42 Å². The summed E-state index contributed by atoms with van der Waals surface area (Å²) in [5.74, 6) is 1.14. The van der Waals surface area contributed by atoms with Gasteiger partial charge in [0.2, 0.25) is 0 Å². The van der Waals surface area contributed by atoms with Crippen molar-refractivity contribution < 1.29 is 14.3 Å². The molecule has 0 radical (unpaired) electrons. The molecule has 6 heteroatoms. The van der Waals surface area contributed by atoms with Crippen LogP contribution in [0.2, 0.25) is 0 Å². The first-order valence-corrected chi connectivity index (χ1v) is 8.98. The molecule has 1 saturated heterocycles. The van der Waals surface area contributed by atoms with Crippen molar-refractivity contribution in [2.45, 2.75) is 6.42 Å². The Morgan fingerprint density at radius 3 is 2.64 bits per heavy atom. The number of amides is 1. The van der Waals surface area contributed by atoms with E-state index in [1.54, 1.807) is 13.2 Å². The van der Waals surface area contributed by atoms with Crippen LogP contribution < -0.4 is 14.8 Å². The van der Waals surface area contributed by atoms with Gasteiger partial charge in [-0.15, -0.1) is 0 Å². The second-order valence-electron chi connectivity index (χ2n) is 5.35. The average Bonchev–Trinajstić information content (AvgIpc) is 2.94. The Bertz CT molecular complexity index is 819. The van der Waals surface area contributed by atoms with E-state index in [0.717, 1.165) is 12.0 Å². The first-order valence-electron chi connectivity index (χ1n) is 7.75. The number of benzene rings is 2. The second kappa shape index (κ2) is 8.18. The molecule has 1 fully saturated rings. The molecule has 0 bridgehead atoms. The number of ether oxygens (including phenoxy) is 2. The van der Waals surface area contributed by atoms with E-state index in [0.29, 0.717) is 27.3 Å². The van der Waals surface area contributed by atoms with Crippen molar-refractivity contribution in [2.24, 2.45) is 0 Å². The fourth-order valence-electron chi connectivity index (χ4n) is 2.39. The Kier molecular flexibility index (Phi) is 5.73. The number of thioether (sulfide) groups is 1. The van der Waals surface area contributed by atoms with Gasteiger partial charge in [-0.3, -0.25) is 4.79 Å². The molecule has 1 N–H and O–H groups in total. The van der Waals surface area contributed by atoms with Gasteiger partial charge in [0.15, 0.2) is 11.5 Å². The lowest BCUT2D eigenvalue weighted by molar-refractivity contribution is -0.115. The normalized spacial score (nSPS) is 15.3. The molecule has 0 atom stereocenters. The van der Waals surface area contributed by atoms with Crippen LogP contribution in [0.15, 0.2) is 53.4 Å². The zero-order chi connectivity index (χ0) is 17.6. The summed E-state index contributed by atoms with van der Waals surface area (Å²) in [5.41, 5.74) is 2.08. The van der Waals surface area contributed by atoms with Gasteiger partial charge >= 0.3 is 0 Å². The maximum absolute atomic E-state index is 11.7. The molecular weight excluding hydrogens is 354 g/mol. The summed E-state index contributed by atoms with van der Waals surface area (Å²) >= 11 is 6.25. The summed E-state index contributed by atoms with van der Waals surface area (Å²) in [5, 5.41) is 2.60. The monoisotopic (exact) mass is 371 g/mol. The molecule has 2 aromatic carbocycles. The third-order valence-electron chi connectivity index (χ3n) is 3.62. The molecule has 1 aliphatic rings. The molecule has 0 saturated carbocycles. The molecule has 25 heavy (non-hydrogen) atoms. The lowest BCUT2D eigenvalue weighted by Gasteiger charge is -2.11. The van der Waals surface area contributed by atoms with Crippen molar-refractivity contribution in [3.05, 3.63) is 64.6 Å². The van der Waals surface area contributed by atoms with E-state index < -0.39 is 0 Å². The van der Waals surface area contributed by atoms with E-state index in [1.165, 1.54) is 17.3 Å². The fraction of sp³-hybridized carbons (Fsp3) is 0.158. The molecule has 0 spiro atoms. The SMILES string of the molecule is COc1cc(/C=C2\SC(=S)NC2=O)ccc1OCCc1ccccc1. The van der Waals surface area contributed by atoms with E-state index in [1.807, 2.05) is 36.4 Å². The number of carbonyl (C=O) groups is 1. The number of carbonyl (C=O) groups excluding carboxylic acids is 1. The van der Waals surface area contributed by atoms with Crippen LogP contribution in [0.4, 0.5) is 0 Å². The highest BCUT2D eigenvalue weighted by molar-refractivity contribution is 8.26. The van der Waals surface area contributed by atoms with Crippen molar-refractivity contribution in [3.63, 3.8) is 0 Å². The molecule has 1 heterocycles. The summed E-state index contributed by atoms with van der Waals surface area (Å²) in [6.45, 7) is 0.563. The van der Waals surface area contributed by atoms with Crippen LogP contribution in [0.1, 0.15) is 11.1 Å². The van der Waals surface area contributed by atoms with Gasteiger partial charge in [0.05, 0.1) is 18.6 Å². The van der Waals surface area contributed by atoms with E-state index in [4.69, 9.17) is 21.7 Å². The number of hydrogen-bond acceptors (Lipinski definition) is 5. The zero-order valence-electron chi connectivity index (χ0n) is 13.7. The smallest absolute Gasteiger partial charge is 0.263 e. The Hall–Kier alpha value is -2.31. The summed E-state index contributed by atoms with van der Waals surface area (Å²) in [6, 6.07) is 15.8. The maximum Gasteiger partial charge on any atom is 0.263 e. The average molecular weight is 371 g/mol. The van der Waals surface area contributed by atoms with Gasteiger partial charge in [-0.05, 0) is 29.3 Å². The minimum Gasteiger partial charge on any atom is -0.493 e. The predicted octanol–water partition coefficient (Wildman–Crippen LogP) is 3.81. The Morgan fingerprint density at radius 1 is 1.16 bits per heavy atom. The van der Waals surface area contributed by atoms with Crippen molar-refractivity contribution in [2.75, 3.05) is 13.7 Å². The number of thiocarbonyl (C=S) groups is 1. The van der Waals surface area contributed by atoms with Crippen molar-refractivity contribution in [3.8, 4) is 11.5 Å². The van der Waals surface area contributed by atoms with E-state index in [-0.39, 0.29) is 5.91 Å². The highest BCUT2D eigenvalue weighted by Crippen LogP contribution is 2.31. The summed E-state index contributed by atoms with van der Waals surface area (Å²) in [4.78, 5) is 12.3. The molecule has 0 aromatic heterocycles. The molecule has 128 valence electrons. The highest BCUT2D eigenvalue weighted by atomic mass is 32.2. The third-order valence-corrected chi connectivity index (χ3v) is 4.78. The van der Waals surface area contributed by atoms with E-state index >= 15 is 0 Å². The Morgan fingerprint density at radius 2 is 1.96 bits per heavy atom. The van der Waals surface area contributed by atoms with Gasteiger partial charge in [-0.25, -0.2) is 0 Å². The van der Waals surface area contributed by atoms with Crippen molar-refractivity contribution in [1.29, 1.82) is 0 Å². The zero-order valence-corrected chi connectivity index (χ0v) is 15.3. The highest BCUT2D eigenvalue weighted by Gasteiger charge is 2.22. The summed E-state index contributed by atoms with van der Waals surface area (Å²) < 4.78 is 11.7. The van der Waals surface area contributed by atoms with Crippen LogP contribution in [0.3, 0.4) is 0 Å². The minimum absolute atomic E-state index is 0.169. The van der Waals surface area contributed by atoms with Gasteiger partial charge in [-0.2, -0.15) is 0 Å². The second-order valence-corrected chi connectivity index (χ2v) is 7.07. The molecule has 4 nitrogen and oxygen atoms in total. The molecule has 0 aliphatic carbocycles. The molecule has 2 aromatic rings. The van der Waals surface area contributed by atoms with Crippen LogP contribution in [0.25, 0.3) is 6.08 Å². The number of methoxy groups -OCH3 is 1. The van der Waals surface area contributed by atoms with Gasteiger partial charge < -0.3 is 14.8 Å². The Labute approximate surface area is 156 Å². The predicted molar refractivity (Wildman–Crippen MR) is 105 cm³/mol. The molecular formula is C19H17NO3S2. The van der Waals surface area contributed by atoms with Crippen LogP contribution in [0, 0.1) is 0 Å². The first-order chi connectivity index (χ1) is 12.2. The van der Waals surface area contributed by atoms with Crippen LogP contribution >= 0.6 is 24.0 Å². The van der Waals surface area contributed by atoms with Crippen molar-refractivity contribution in [1.82, 2.24) is 5.32 Å². The van der Waals surface area contributed by atoms with Crippen molar-refractivity contribution >= 4 is 40.3 Å². The fourth-order valence-corrected chi connectivity index (χ4v) is 3.43. The number of nitrogens with one attached hydrogen (secondary N) is 1. The summed E-state index contributed by atoms with van der Waals surface area (Å²) in [7, 11) is 1.60. The van der Waals surface area contributed by atoms with Gasteiger partial charge in [0.25, 0.3) is 5.91 Å². The topological polar surface area (TPSA) is 47.6 Å². The molecule has 0 unspecified atom stereocenters. The van der Waals surface area contributed by atoms with E-state index in [9.17, 15) is 4.79 Å². The minimum atomic E-state index is -0.169. The largest absolute Gasteiger partial charge is 0.493 e. The van der Waals surface area contributed by atoms with E-state index in [2.05, 4.69) is 17.4 Å². The Balaban J connectivity index is 1.68. The summed E-state index contributed by atoms with van der Waals surface area (Å²) in [6.07, 6.45) is 2.61. The third kappa shape index (κ3) is 4.61. The number of rotatable bonds is 6. The van der Waals surface area contributed by atoms with Gasteiger partial charge in [-0.1, -0.05) is 60.4 Å².